The lowest BCUT2D eigenvalue weighted by Gasteiger charge is -2.45. The highest BCUT2D eigenvalue weighted by Gasteiger charge is 2.38. The van der Waals surface area contributed by atoms with Crippen molar-refractivity contribution in [2.45, 2.75) is 78.1 Å². The van der Waals surface area contributed by atoms with Crippen molar-refractivity contribution in [3.8, 4) is 0 Å². The monoisotopic (exact) mass is 291 g/mol. The molecule has 0 bridgehead atoms. The lowest BCUT2D eigenvalue weighted by Crippen LogP contribution is -2.45. The zero-order chi connectivity index (χ0) is 14.9. The molecule has 2 aliphatic carbocycles. The Morgan fingerprint density at radius 3 is 2.33 bits per heavy atom. The average Bonchev–Trinajstić information content (AvgIpc) is 2.46. The molecule has 2 heteroatoms. The third kappa shape index (κ3) is 3.70. The van der Waals surface area contributed by atoms with Gasteiger partial charge in [-0.15, -0.1) is 0 Å². The van der Waals surface area contributed by atoms with E-state index in [-0.39, 0.29) is 0 Å². The Kier molecular flexibility index (Phi) is 4.45. The van der Waals surface area contributed by atoms with Gasteiger partial charge in [0.2, 0.25) is 0 Å². The van der Waals surface area contributed by atoms with E-state index >= 15 is 0 Å². The van der Waals surface area contributed by atoms with Gasteiger partial charge in [0, 0.05) is 18.9 Å². The van der Waals surface area contributed by atoms with Crippen molar-refractivity contribution >= 4 is 5.78 Å². The standard InChI is InChI=1S/C19H33NO/c1-18(2)9-6-17(21)16(14-18)15-20-12-10-19(11-13-20)7-4-3-5-8-19/h16H,3-15H2,1-2H3. The average molecular weight is 291 g/mol. The van der Waals surface area contributed by atoms with Gasteiger partial charge in [0.05, 0.1) is 0 Å². The number of hydrogen-bond acceptors (Lipinski definition) is 2. The van der Waals surface area contributed by atoms with Crippen LogP contribution in [0.15, 0.2) is 0 Å². The number of ketones is 1. The first kappa shape index (κ1) is 15.5. The quantitative estimate of drug-likeness (QED) is 0.750. The fourth-order valence-electron chi connectivity index (χ4n) is 5.04. The second-order valence-corrected chi connectivity index (χ2v) is 8.89. The summed E-state index contributed by atoms with van der Waals surface area (Å²) in [5, 5.41) is 0. The highest BCUT2D eigenvalue weighted by molar-refractivity contribution is 5.82. The first-order chi connectivity index (χ1) is 9.98. The lowest BCUT2D eigenvalue weighted by molar-refractivity contribution is -0.128. The van der Waals surface area contributed by atoms with Crippen molar-refractivity contribution in [3.63, 3.8) is 0 Å². The molecule has 1 spiro atoms. The fraction of sp³-hybridized carbons (Fsp3) is 0.947. The van der Waals surface area contributed by atoms with Crippen molar-refractivity contribution < 1.29 is 4.79 Å². The summed E-state index contributed by atoms with van der Waals surface area (Å²) in [5.74, 6) is 0.849. The number of nitrogens with zero attached hydrogens (tertiary/aromatic N) is 1. The van der Waals surface area contributed by atoms with E-state index in [1.165, 1.54) is 58.0 Å². The Morgan fingerprint density at radius 2 is 1.67 bits per heavy atom. The van der Waals surface area contributed by atoms with Crippen LogP contribution in [-0.2, 0) is 4.79 Å². The summed E-state index contributed by atoms with van der Waals surface area (Å²) in [6.07, 6.45) is 13.1. The molecule has 2 nitrogen and oxygen atoms in total. The molecule has 21 heavy (non-hydrogen) atoms. The molecule has 0 N–H and O–H groups in total. The van der Waals surface area contributed by atoms with E-state index in [9.17, 15) is 4.79 Å². The van der Waals surface area contributed by atoms with Crippen LogP contribution in [0.5, 0.6) is 0 Å². The molecule has 0 amide bonds. The summed E-state index contributed by atoms with van der Waals surface area (Å²) in [4.78, 5) is 14.8. The Labute approximate surface area is 130 Å². The molecular formula is C19H33NO. The molecule has 2 saturated carbocycles. The van der Waals surface area contributed by atoms with Crippen molar-refractivity contribution in [3.05, 3.63) is 0 Å². The van der Waals surface area contributed by atoms with Gasteiger partial charge in [-0.3, -0.25) is 4.79 Å². The molecular weight excluding hydrogens is 258 g/mol. The van der Waals surface area contributed by atoms with Gasteiger partial charge in [-0.2, -0.15) is 0 Å². The van der Waals surface area contributed by atoms with Gasteiger partial charge in [-0.25, -0.2) is 0 Å². The third-order valence-electron chi connectivity index (χ3n) is 6.61. The maximum Gasteiger partial charge on any atom is 0.137 e. The summed E-state index contributed by atoms with van der Waals surface area (Å²) in [6.45, 7) is 8.19. The number of hydrogen-bond donors (Lipinski definition) is 0. The second-order valence-electron chi connectivity index (χ2n) is 8.89. The molecule has 3 aliphatic rings. The number of carbonyl (C=O) groups is 1. The highest BCUT2D eigenvalue weighted by atomic mass is 16.1. The minimum absolute atomic E-state index is 0.314. The van der Waals surface area contributed by atoms with Crippen molar-refractivity contribution in [1.82, 2.24) is 4.90 Å². The largest absolute Gasteiger partial charge is 0.303 e. The van der Waals surface area contributed by atoms with Crippen LogP contribution in [0.4, 0.5) is 0 Å². The second kappa shape index (κ2) is 6.02. The van der Waals surface area contributed by atoms with Gasteiger partial charge in [0.15, 0.2) is 0 Å². The highest BCUT2D eigenvalue weighted by Crippen LogP contribution is 2.45. The number of rotatable bonds is 2. The van der Waals surface area contributed by atoms with E-state index in [2.05, 4.69) is 18.7 Å². The summed E-state index contributed by atoms with van der Waals surface area (Å²) >= 11 is 0. The van der Waals surface area contributed by atoms with Gasteiger partial charge in [0.1, 0.15) is 5.78 Å². The predicted octanol–water partition coefficient (Wildman–Crippen LogP) is 4.43. The van der Waals surface area contributed by atoms with Gasteiger partial charge < -0.3 is 4.90 Å². The predicted molar refractivity (Wildman–Crippen MR) is 87.3 cm³/mol. The molecule has 0 aromatic heterocycles. The van der Waals surface area contributed by atoms with E-state index in [4.69, 9.17) is 0 Å². The molecule has 3 fully saturated rings. The van der Waals surface area contributed by atoms with Crippen molar-refractivity contribution in [2.75, 3.05) is 19.6 Å². The fourth-order valence-corrected chi connectivity index (χ4v) is 5.04. The van der Waals surface area contributed by atoms with Crippen LogP contribution >= 0.6 is 0 Å². The number of carbonyl (C=O) groups excluding carboxylic acids is 1. The minimum Gasteiger partial charge on any atom is -0.303 e. The molecule has 0 aromatic carbocycles. The maximum absolute atomic E-state index is 12.2. The smallest absolute Gasteiger partial charge is 0.137 e. The number of Topliss-reactive ketones (excluding diaryl/α,β-unsaturated/α-hetero) is 1. The molecule has 1 unspecified atom stereocenters. The van der Waals surface area contributed by atoms with E-state index in [0.29, 0.717) is 22.5 Å². The SMILES string of the molecule is CC1(C)CCC(=O)C(CN2CCC3(CCCCC3)CC2)C1. The van der Waals surface area contributed by atoms with E-state index in [1.807, 2.05) is 0 Å². The van der Waals surface area contributed by atoms with E-state index in [1.54, 1.807) is 0 Å². The van der Waals surface area contributed by atoms with Gasteiger partial charge >= 0.3 is 0 Å². The topological polar surface area (TPSA) is 20.3 Å². The Hall–Kier alpha value is -0.370. The molecule has 0 aromatic rings. The molecule has 1 atom stereocenters. The summed E-state index contributed by atoms with van der Waals surface area (Å²) in [6, 6.07) is 0. The first-order valence-corrected chi connectivity index (χ1v) is 9.23. The van der Waals surface area contributed by atoms with Crippen LogP contribution < -0.4 is 0 Å². The van der Waals surface area contributed by atoms with E-state index in [0.717, 1.165) is 25.8 Å². The summed E-state index contributed by atoms with van der Waals surface area (Å²) in [5.41, 5.74) is 1.06. The van der Waals surface area contributed by atoms with Gasteiger partial charge in [-0.05, 0) is 62.4 Å². The minimum atomic E-state index is 0.314. The first-order valence-electron chi connectivity index (χ1n) is 9.23. The van der Waals surface area contributed by atoms with Crippen molar-refractivity contribution in [1.29, 1.82) is 0 Å². The third-order valence-corrected chi connectivity index (χ3v) is 6.61. The lowest BCUT2D eigenvalue weighted by atomic mass is 9.67. The molecule has 1 heterocycles. The molecule has 120 valence electrons. The Bertz CT molecular complexity index is 371. The normalized spacial score (nSPS) is 33.2. The van der Waals surface area contributed by atoms with Crippen LogP contribution in [0, 0.1) is 16.7 Å². The van der Waals surface area contributed by atoms with Crippen LogP contribution in [-0.4, -0.2) is 30.3 Å². The number of likely N-dealkylation sites (tertiary alicyclic amines) is 1. The molecule has 3 rings (SSSR count). The van der Waals surface area contributed by atoms with Gasteiger partial charge in [-0.1, -0.05) is 33.1 Å². The molecule has 0 radical (unpaired) electrons. The zero-order valence-corrected chi connectivity index (χ0v) is 14.1. The number of piperidine rings is 1. The van der Waals surface area contributed by atoms with Gasteiger partial charge in [0.25, 0.3) is 0 Å². The van der Waals surface area contributed by atoms with E-state index < -0.39 is 0 Å². The van der Waals surface area contributed by atoms with Crippen LogP contribution in [0.3, 0.4) is 0 Å². The summed E-state index contributed by atoms with van der Waals surface area (Å²) < 4.78 is 0. The van der Waals surface area contributed by atoms with Crippen molar-refractivity contribution in [2.24, 2.45) is 16.7 Å². The molecule has 1 aliphatic heterocycles. The van der Waals surface area contributed by atoms with Crippen LogP contribution in [0.25, 0.3) is 0 Å². The maximum atomic E-state index is 12.2. The molecule has 1 saturated heterocycles. The van der Waals surface area contributed by atoms with Crippen LogP contribution in [0.1, 0.15) is 78.1 Å². The zero-order valence-electron chi connectivity index (χ0n) is 14.1. The summed E-state index contributed by atoms with van der Waals surface area (Å²) in [7, 11) is 0. The Balaban J connectivity index is 1.51. The Morgan fingerprint density at radius 1 is 1.00 bits per heavy atom. The van der Waals surface area contributed by atoms with Crippen LogP contribution in [0.2, 0.25) is 0 Å².